The Kier molecular flexibility index (Phi) is 6.63. The smallest absolute Gasteiger partial charge is 0.161 e. The van der Waals surface area contributed by atoms with Crippen LogP contribution in [-0.2, 0) is 0 Å². The zero-order valence-corrected chi connectivity index (χ0v) is 15.8. The molecule has 1 unspecified atom stereocenters. The van der Waals surface area contributed by atoms with E-state index in [4.69, 9.17) is 9.47 Å². The van der Waals surface area contributed by atoms with E-state index in [1.807, 2.05) is 25.1 Å². The van der Waals surface area contributed by atoms with E-state index in [1.165, 1.54) is 12.1 Å². The quantitative estimate of drug-likeness (QED) is 0.832. The van der Waals surface area contributed by atoms with E-state index in [2.05, 4.69) is 10.2 Å². The van der Waals surface area contributed by atoms with Gasteiger partial charge in [-0.1, -0.05) is 12.1 Å². The third-order valence-electron chi connectivity index (χ3n) is 4.80. The van der Waals surface area contributed by atoms with Gasteiger partial charge in [0.2, 0.25) is 0 Å². The number of hydrogen-bond donors (Lipinski definition) is 1. The van der Waals surface area contributed by atoms with Gasteiger partial charge in [0, 0.05) is 31.3 Å². The molecule has 2 aromatic carbocycles. The van der Waals surface area contributed by atoms with Crippen LogP contribution >= 0.6 is 0 Å². The molecule has 2 aromatic rings. The summed E-state index contributed by atoms with van der Waals surface area (Å²) in [6.45, 7) is 5.77. The maximum absolute atomic E-state index is 14.7. The van der Waals surface area contributed by atoms with Gasteiger partial charge in [0.05, 0.1) is 19.8 Å². The predicted octanol–water partition coefficient (Wildman–Crippen LogP) is 3.76. The van der Waals surface area contributed by atoms with Crippen LogP contribution in [0.3, 0.4) is 0 Å². The first-order valence-electron chi connectivity index (χ1n) is 9.34. The van der Waals surface area contributed by atoms with Crippen LogP contribution in [0.25, 0.3) is 0 Å². The first kappa shape index (κ1) is 19.6. The number of ether oxygens (including phenoxy) is 2. The monoisotopic (exact) mass is 376 g/mol. The molecule has 0 amide bonds. The van der Waals surface area contributed by atoms with Crippen molar-refractivity contribution in [1.29, 1.82) is 0 Å². The fraction of sp³-hybridized carbons (Fsp3) is 0.429. The zero-order chi connectivity index (χ0) is 19.2. The third-order valence-corrected chi connectivity index (χ3v) is 4.80. The highest BCUT2D eigenvalue weighted by Crippen LogP contribution is 2.36. The molecule has 3 rings (SSSR count). The molecule has 1 aliphatic heterocycles. The van der Waals surface area contributed by atoms with Crippen LogP contribution in [0.2, 0.25) is 0 Å². The average Bonchev–Trinajstić information content (AvgIpc) is 2.94. The number of halogens is 2. The summed E-state index contributed by atoms with van der Waals surface area (Å²) in [5.41, 5.74) is 1.36. The molecular weight excluding hydrogens is 350 g/mol. The molecule has 1 heterocycles. The topological polar surface area (TPSA) is 33.7 Å². The molecule has 1 atom stereocenters. The fourth-order valence-electron chi connectivity index (χ4n) is 3.57. The minimum Gasteiger partial charge on any atom is -0.493 e. The maximum atomic E-state index is 14.7. The Bertz CT molecular complexity index is 762. The highest BCUT2D eigenvalue weighted by atomic mass is 19.1. The van der Waals surface area contributed by atoms with Gasteiger partial charge in [0.1, 0.15) is 11.6 Å². The van der Waals surface area contributed by atoms with Crippen molar-refractivity contribution in [2.24, 2.45) is 0 Å². The minimum atomic E-state index is -0.572. The Balaban J connectivity index is 2.07. The van der Waals surface area contributed by atoms with Crippen molar-refractivity contribution in [3.8, 4) is 11.5 Å². The lowest BCUT2D eigenvalue weighted by Crippen LogP contribution is -2.33. The van der Waals surface area contributed by atoms with E-state index in [1.54, 1.807) is 7.11 Å². The largest absolute Gasteiger partial charge is 0.493 e. The van der Waals surface area contributed by atoms with Crippen LogP contribution in [0.1, 0.15) is 30.5 Å². The summed E-state index contributed by atoms with van der Waals surface area (Å²) in [5.74, 6) is 0.151. The summed E-state index contributed by atoms with van der Waals surface area (Å²) < 4.78 is 39.3. The summed E-state index contributed by atoms with van der Waals surface area (Å²) in [4.78, 5) is 2.23. The summed E-state index contributed by atoms with van der Waals surface area (Å²) in [5, 5.41) is 3.37. The van der Waals surface area contributed by atoms with Crippen LogP contribution in [0, 0.1) is 11.6 Å². The number of rotatable bonds is 6. The van der Waals surface area contributed by atoms with Gasteiger partial charge in [-0.05, 0) is 43.7 Å². The molecule has 1 N–H and O–H groups in total. The number of hydrogen-bond acceptors (Lipinski definition) is 4. The Morgan fingerprint density at radius 1 is 1.07 bits per heavy atom. The van der Waals surface area contributed by atoms with E-state index < -0.39 is 11.6 Å². The lowest BCUT2D eigenvalue weighted by Gasteiger charge is -2.32. The summed E-state index contributed by atoms with van der Waals surface area (Å²) >= 11 is 0. The number of nitrogens with one attached hydrogen (secondary N) is 1. The highest BCUT2D eigenvalue weighted by molar-refractivity contribution is 5.46. The summed E-state index contributed by atoms with van der Waals surface area (Å²) in [6, 6.07) is 9.14. The van der Waals surface area contributed by atoms with E-state index >= 15 is 0 Å². The SMILES string of the molecule is CCOc1cc(C(c2ccc(F)cc2F)N2CCCNCC2)ccc1OC. The predicted molar refractivity (Wildman–Crippen MR) is 101 cm³/mol. The molecule has 6 heteroatoms. The minimum absolute atomic E-state index is 0.324. The van der Waals surface area contributed by atoms with Gasteiger partial charge in [-0.2, -0.15) is 0 Å². The van der Waals surface area contributed by atoms with E-state index in [-0.39, 0.29) is 6.04 Å². The van der Waals surface area contributed by atoms with Crippen LogP contribution in [0.15, 0.2) is 36.4 Å². The molecule has 0 aliphatic carbocycles. The normalized spacial score (nSPS) is 16.6. The van der Waals surface area contributed by atoms with Crippen molar-refractivity contribution in [2.45, 2.75) is 19.4 Å². The van der Waals surface area contributed by atoms with Crippen LogP contribution in [0.5, 0.6) is 11.5 Å². The van der Waals surface area contributed by atoms with Crippen LogP contribution in [0.4, 0.5) is 8.78 Å². The molecular formula is C21H26F2N2O2. The molecule has 0 saturated carbocycles. The molecule has 27 heavy (non-hydrogen) atoms. The van der Waals surface area contributed by atoms with E-state index in [0.717, 1.165) is 44.2 Å². The lowest BCUT2D eigenvalue weighted by atomic mass is 9.95. The second-order valence-electron chi connectivity index (χ2n) is 6.55. The molecule has 0 bridgehead atoms. The molecule has 0 spiro atoms. The Morgan fingerprint density at radius 3 is 2.67 bits per heavy atom. The van der Waals surface area contributed by atoms with Gasteiger partial charge >= 0.3 is 0 Å². The molecule has 0 aromatic heterocycles. The van der Waals surface area contributed by atoms with Gasteiger partial charge in [-0.25, -0.2) is 8.78 Å². The van der Waals surface area contributed by atoms with E-state index in [9.17, 15) is 8.78 Å². The number of nitrogens with zero attached hydrogens (tertiary/aromatic N) is 1. The van der Waals surface area contributed by atoms with Crippen molar-refractivity contribution >= 4 is 0 Å². The number of benzene rings is 2. The standard InChI is InChI=1S/C21H26F2N2O2/c1-3-27-20-13-15(5-8-19(20)26-2)21(25-11-4-9-24-10-12-25)17-7-6-16(22)14-18(17)23/h5-8,13-14,21,24H,3-4,9-12H2,1-2H3. The van der Waals surface area contributed by atoms with Crippen molar-refractivity contribution in [1.82, 2.24) is 10.2 Å². The van der Waals surface area contributed by atoms with E-state index in [0.29, 0.717) is 23.7 Å². The molecule has 4 nitrogen and oxygen atoms in total. The molecule has 146 valence electrons. The summed E-state index contributed by atoms with van der Waals surface area (Å²) in [7, 11) is 1.59. The van der Waals surface area contributed by atoms with Crippen molar-refractivity contribution in [3.63, 3.8) is 0 Å². The van der Waals surface area contributed by atoms with Crippen molar-refractivity contribution < 1.29 is 18.3 Å². The second-order valence-corrected chi connectivity index (χ2v) is 6.55. The zero-order valence-electron chi connectivity index (χ0n) is 15.8. The molecule has 1 saturated heterocycles. The fourth-order valence-corrected chi connectivity index (χ4v) is 3.57. The lowest BCUT2D eigenvalue weighted by molar-refractivity contribution is 0.235. The second kappa shape index (κ2) is 9.15. The summed E-state index contributed by atoms with van der Waals surface area (Å²) in [6.07, 6.45) is 0.966. The van der Waals surface area contributed by atoms with Crippen LogP contribution in [-0.4, -0.2) is 44.8 Å². The average molecular weight is 376 g/mol. The Morgan fingerprint density at radius 2 is 1.93 bits per heavy atom. The van der Waals surface area contributed by atoms with Crippen molar-refractivity contribution in [2.75, 3.05) is 39.9 Å². The third kappa shape index (κ3) is 4.57. The molecule has 1 aliphatic rings. The van der Waals surface area contributed by atoms with Gasteiger partial charge < -0.3 is 14.8 Å². The first-order chi connectivity index (χ1) is 13.1. The highest BCUT2D eigenvalue weighted by Gasteiger charge is 2.27. The van der Waals surface area contributed by atoms with Crippen molar-refractivity contribution in [3.05, 3.63) is 59.2 Å². The van der Waals surface area contributed by atoms with Gasteiger partial charge in [-0.3, -0.25) is 4.90 Å². The van der Waals surface area contributed by atoms with Crippen LogP contribution < -0.4 is 14.8 Å². The number of methoxy groups -OCH3 is 1. The maximum Gasteiger partial charge on any atom is 0.161 e. The Labute approximate surface area is 159 Å². The molecule has 0 radical (unpaired) electrons. The first-order valence-corrected chi connectivity index (χ1v) is 9.34. The van der Waals surface area contributed by atoms with Gasteiger partial charge in [-0.15, -0.1) is 0 Å². The van der Waals surface area contributed by atoms with Gasteiger partial charge in [0.25, 0.3) is 0 Å². The van der Waals surface area contributed by atoms with Gasteiger partial charge in [0.15, 0.2) is 11.5 Å². The Hall–Kier alpha value is -2.18. The molecule has 1 fully saturated rings.